The Morgan fingerprint density at radius 3 is 2.81 bits per heavy atom. The van der Waals surface area contributed by atoms with Gasteiger partial charge < -0.3 is 19.9 Å². The molecule has 2 aliphatic heterocycles. The van der Waals surface area contributed by atoms with Crippen LogP contribution >= 0.6 is 0 Å². The highest BCUT2D eigenvalue weighted by molar-refractivity contribution is 5.70. The Balaban J connectivity index is 1.53. The summed E-state index contributed by atoms with van der Waals surface area (Å²) >= 11 is 0. The van der Waals surface area contributed by atoms with Crippen molar-refractivity contribution in [2.75, 3.05) is 26.2 Å². The number of aromatic nitrogens is 2. The van der Waals surface area contributed by atoms with Crippen molar-refractivity contribution in [3.63, 3.8) is 0 Å². The van der Waals surface area contributed by atoms with Crippen LogP contribution in [0.4, 0.5) is 4.79 Å². The number of aromatic hydroxyl groups is 1. The highest BCUT2D eigenvalue weighted by Gasteiger charge is 2.39. The van der Waals surface area contributed by atoms with Crippen molar-refractivity contribution in [1.29, 1.82) is 0 Å². The van der Waals surface area contributed by atoms with Crippen LogP contribution < -0.4 is 10.1 Å². The van der Waals surface area contributed by atoms with Crippen LogP contribution in [0.3, 0.4) is 0 Å². The fraction of sp³-hybridized carbons (Fsp3) is 0.583. The van der Waals surface area contributed by atoms with Gasteiger partial charge in [0.05, 0.1) is 17.3 Å². The van der Waals surface area contributed by atoms with E-state index in [0.717, 1.165) is 11.3 Å². The average Bonchev–Trinajstić information content (AvgIpc) is 3.01. The molecule has 1 aromatic carbocycles. The number of ether oxygens (including phenoxy) is 2. The average molecular weight is 441 g/mol. The van der Waals surface area contributed by atoms with Gasteiger partial charge in [0.25, 0.3) is 0 Å². The molecule has 8 nitrogen and oxygen atoms in total. The predicted molar refractivity (Wildman–Crippen MR) is 120 cm³/mol. The van der Waals surface area contributed by atoms with Gasteiger partial charge in [0, 0.05) is 26.1 Å². The maximum Gasteiger partial charge on any atom is 0.410 e. The van der Waals surface area contributed by atoms with Gasteiger partial charge in [0.15, 0.2) is 0 Å². The SMILES string of the molecule is CC(C)(C)OC(=O)N1CCc2c3c(nn2-c2ccc(C4CCC4)cc2O)OCCNC[C@@H]31. The summed E-state index contributed by atoms with van der Waals surface area (Å²) in [6, 6.07) is 5.68. The lowest BCUT2D eigenvalue weighted by Crippen LogP contribution is -2.47. The number of benzene rings is 1. The first-order valence-electron chi connectivity index (χ1n) is 11.6. The zero-order valence-electron chi connectivity index (χ0n) is 19.1. The van der Waals surface area contributed by atoms with Crippen molar-refractivity contribution in [2.45, 2.75) is 64.0 Å². The number of hydrogen-bond donors (Lipinski definition) is 2. The predicted octanol–water partition coefficient (Wildman–Crippen LogP) is 3.66. The van der Waals surface area contributed by atoms with Gasteiger partial charge in [-0.05, 0) is 57.2 Å². The molecule has 1 aliphatic carbocycles. The summed E-state index contributed by atoms with van der Waals surface area (Å²) in [7, 11) is 0. The number of carbonyl (C=O) groups excluding carboxylic acids is 1. The van der Waals surface area contributed by atoms with E-state index >= 15 is 0 Å². The van der Waals surface area contributed by atoms with E-state index in [-0.39, 0.29) is 17.9 Å². The second-order valence-corrected chi connectivity index (χ2v) is 9.95. The van der Waals surface area contributed by atoms with Gasteiger partial charge in [0.1, 0.15) is 23.6 Å². The van der Waals surface area contributed by atoms with E-state index in [4.69, 9.17) is 14.6 Å². The molecular weight excluding hydrogens is 408 g/mol. The van der Waals surface area contributed by atoms with Gasteiger partial charge in [-0.3, -0.25) is 4.90 Å². The number of carbonyl (C=O) groups is 1. The molecule has 1 aromatic heterocycles. The number of amides is 1. The van der Waals surface area contributed by atoms with Crippen molar-refractivity contribution in [1.82, 2.24) is 20.0 Å². The molecule has 0 spiro atoms. The molecule has 3 heterocycles. The van der Waals surface area contributed by atoms with E-state index in [1.54, 1.807) is 9.58 Å². The Labute approximate surface area is 188 Å². The van der Waals surface area contributed by atoms with Gasteiger partial charge in [-0.2, -0.15) is 0 Å². The van der Waals surface area contributed by atoms with E-state index in [0.29, 0.717) is 50.1 Å². The Morgan fingerprint density at radius 2 is 2.12 bits per heavy atom. The molecule has 5 rings (SSSR count). The quantitative estimate of drug-likeness (QED) is 0.741. The van der Waals surface area contributed by atoms with Crippen molar-refractivity contribution in [2.24, 2.45) is 0 Å². The minimum atomic E-state index is -0.566. The fourth-order valence-electron chi connectivity index (χ4n) is 4.79. The zero-order valence-corrected chi connectivity index (χ0v) is 19.1. The monoisotopic (exact) mass is 440 g/mol. The summed E-state index contributed by atoms with van der Waals surface area (Å²) in [6.45, 7) is 7.90. The summed E-state index contributed by atoms with van der Waals surface area (Å²) in [4.78, 5) is 14.7. The molecule has 1 atom stereocenters. The number of rotatable bonds is 2. The molecule has 2 aromatic rings. The zero-order chi connectivity index (χ0) is 22.5. The molecule has 1 fully saturated rings. The van der Waals surface area contributed by atoms with Gasteiger partial charge in [-0.15, -0.1) is 5.10 Å². The number of nitrogens with one attached hydrogen (secondary N) is 1. The Bertz CT molecular complexity index is 1020. The van der Waals surface area contributed by atoms with Crippen LogP contribution in [0.15, 0.2) is 18.2 Å². The second-order valence-electron chi connectivity index (χ2n) is 9.95. The lowest BCUT2D eigenvalue weighted by atomic mass is 9.80. The van der Waals surface area contributed by atoms with E-state index in [2.05, 4.69) is 11.4 Å². The van der Waals surface area contributed by atoms with E-state index in [1.807, 2.05) is 32.9 Å². The smallest absolute Gasteiger partial charge is 0.410 e. The van der Waals surface area contributed by atoms with Crippen molar-refractivity contribution in [3.8, 4) is 17.3 Å². The van der Waals surface area contributed by atoms with E-state index in [1.165, 1.54) is 24.8 Å². The summed E-state index contributed by atoms with van der Waals surface area (Å²) in [5.74, 6) is 1.31. The molecule has 0 bridgehead atoms. The minimum Gasteiger partial charge on any atom is -0.506 e. The number of hydrogen-bond acceptors (Lipinski definition) is 6. The number of phenolic OH excluding ortho intramolecular Hbond substituents is 1. The first-order valence-corrected chi connectivity index (χ1v) is 11.6. The van der Waals surface area contributed by atoms with Crippen LogP contribution in [0.5, 0.6) is 11.6 Å². The summed E-state index contributed by atoms with van der Waals surface area (Å²) in [5, 5.41) is 19.0. The van der Waals surface area contributed by atoms with Crippen molar-refractivity contribution in [3.05, 3.63) is 35.0 Å². The number of phenols is 1. The lowest BCUT2D eigenvalue weighted by molar-refractivity contribution is 0.0133. The maximum atomic E-state index is 13.0. The van der Waals surface area contributed by atoms with Gasteiger partial charge in [-0.1, -0.05) is 12.5 Å². The van der Waals surface area contributed by atoms with Crippen molar-refractivity contribution < 1.29 is 19.4 Å². The summed E-state index contributed by atoms with van der Waals surface area (Å²) in [5.41, 5.74) is 3.14. The first kappa shape index (κ1) is 21.1. The fourth-order valence-corrected chi connectivity index (χ4v) is 4.79. The summed E-state index contributed by atoms with van der Waals surface area (Å²) < 4.78 is 13.5. The third-order valence-electron chi connectivity index (χ3n) is 6.57. The van der Waals surface area contributed by atoms with Crippen LogP contribution in [0.2, 0.25) is 0 Å². The van der Waals surface area contributed by atoms with Crippen LogP contribution in [-0.2, 0) is 11.2 Å². The molecule has 172 valence electrons. The maximum absolute atomic E-state index is 13.0. The standard InChI is InChI=1S/C24H32N4O4/c1-24(2,3)32-23(30)27-11-9-18-21-19(27)14-25-10-12-31-22(21)26-28(18)17-8-7-16(13-20(17)29)15-5-4-6-15/h7-8,13,15,19,25,29H,4-6,9-12,14H2,1-3H3/t19-/m0/s1. The molecular formula is C24H32N4O4. The molecule has 0 radical (unpaired) electrons. The third kappa shape index (κ3) is 3.81. The van der Waals surface area contributed by atoms with Crippen LogP contribution in [0.1, 0.15) is 68.8 Å². The molecule has 0 saturated heterocycles. The topological polar surface area (TPSA) is 88.9 Å². The van der Waals surface area contributed by atoms with Gasteiger partial charge in [0.2, 0.25) is 5.88 Å². The highest BCUT2D eigenvalue weighted by Crippen LogP contribution is 2.42. The third-order valence-corrected chi connectivity index (χ3v) is 6.57. The van der Waals surface area contributed by atoms with E-state index in [9.17, 15) is 9.90 Å². The molecule has 1 amide bonds. The Hall–Kier alpha value is -2.74. The first-order chi connectivity index (χ1) is 15.3. The van der Waals surface area contributed by atoms with Crippen molar-refractivity contribution >= 4 is 6.09 Å². The summed E-state index contributed by atoms with van der Waals surface area (Å²) in [6.07, 6.45) is 3.89. The normalized spacial score (nSPS) is 21.1. The van der Waals surface area contributed by atoms with Crippen LogP contribution in [0, 0.1) is 0 Å². The van der Waals surface area contributed by atoms with E-state index < -0.39 is 5.60 Å². The molecule has 8 heteroatoms. The molecule has 1 saturated carbocycles. The minimum absolute atomic E-state index is 0.227. The largest absolute Gasteiger partial charge is 0.506 e. The second kappa shape index (κ2) is 7.99. The van der Waals surface area contributed by atoms with Crippen LogP contribution in [-0.4, -0.2) is 57.7 Å². The van der Waals surface area contributed by atoms with Crippen LogP contribution in [0.25, 0.3) is 5.69 Å². The van der Waals surface area contributed by atoms with Gasteiger partial charge >= 0.3 is 6.09 Å². The molecule has 32 heavy (non-hydrogen) atoms. The molecule has 2 N–H and O–H groups in total. The molecule has 3 aliphatic rings. The van der Waals surface area contributed by atoms with Gasteiger partial charge in [-0.25, -0.2) is 9.48 Å². The highest BCUT2D eigenvalue weighted by atomic mass is 16.6. The lowest BCUT2D eigenvalue weighted by Gasteiger charge is -2.37. The Kier molecular flexibility index (Phi) is 5.28. The Morgan fingerprint density at radius 1 is 1.31 bits per heavy atom. The number of nitrogens with zero attached hydrogens (tertiary/aromatic N) is 3. The molecule has 0 unspecified atom stereocenters.